The molecule has 2 heterocycles. The summed E-state index contributed by atoms with van der Waals surface area (Å²) in [6.45, 7) is 0. The molecule has 0 radical (unpaired) electrons. The maximum atomic E-state index is 12.9. The molecular formula is C25H23F3N4O4S. The van der Waals surface area contributed by atoms with Crippen molar-refractivity contribution in [3.05, 3.63) is 76.6 Å². The van der Waals surface area contributed by atoms with Gasteiger partial charge in [0, 0.05) is 23.8 Å². The second-order valence-electron chi connectivity index (χ2n) is 9.05. The molecule has 1 N–H and O–H groups in total. The molecule has 0 amide bonds. The lowest BCUT2D eigenvalue weighted by Crippen LogP contribution is -2.37. The molecule has 0 atom stereocenters. The first-order valence-electron chi connectivity index (χ1n) is 11.6. The highest BCUT2D eigenvalue weighted by molar-refractivity contribution is 7.92. The number of hydrogen-bond donors (Lipinski definition) is 1. The number of nitrogens with zero attached hydrogens (tertiary/aromatic N) is 3. The lowest BCUT2D eigenvalue weighted by Gasteiger charge is -2.39. The van der Waals surface area contributed by atoms with Gasteiger partial charge in [0.15, 0.2) is 0 Å². The van der Waals surface area contributed by atoms with Crippen LogP contribution in [0.5, 0.6) is 0 Å². The van der Waals surface area contributed by atoms with Crippen LogP contribution in [-0.2, 0) is 14.8 Å². The van der Waals surface area contributed by atoms with Gasteiger partial charge < -0.3 is 4.74 Å². The number of methoxy groups -OCH3 is 1. The van der Waals surface area contributed by atoms with Crippen LogP contribution in [0.1, 0.15) is 25.7 Å². The van der Waals surface area contributed by atoms with E-state index in [1.165, 1.54) is 54.4 Å². The number of sulfonamides is 1. The zero-order chi connectivity index (χ0) is 26.4. The van der Waals surface area contributed by atoms with E-state index in [1.807, 2.05) is 0 Å². The lowest BCUT2D eigenvalue weighted by molar-refractivity contribution is -0.201. The molecule has 5 rings (SSSR count). The summed E-state index contributed by atoms with van der Waals surface area (Å²) in [5.74, 6) is -1.09. The van der Waals surface area contributed by atoms with Crippen molar-refractivity contribution >= 4 is 32.6 Å². The highest BCUT2D eigenvalue weighted by atomic mass is 32.2. The predicted octanol–water partition coefficient (Wildman–Crippen LogP) is 4.72. The zero-order valence-electron chi connectivity index (χ0n) is 19.7. The molecule has 1 aromatic carbocycles. The van der Waals surface area contributed by atoms with Gasteiger partial charge >= 0.3 is 6.18 Å². The van der Waals surface area contributed by atoms with Crippen LogP contribution in [0.3, 0.4) is 0 Å². The van der Waals surface area contributed by atoms with Crippen LogP contribution < -0.4 is 10.3 Å². The number of fused-ring (bicyclic) bond motifs is 1. The van der Waals surface area contributed by atoms with Gasteiger partial charge in [-0.25, -0.2) is 23.1 Å². The van der Waals surface area contributed by atoms with Crippen LogP contribution in [0.4, 0.5) is 19.1 Å². The van der Waals surface area contributed by atoms with Crippen molar-refractivity contribution in [1.29, 1.82) is 0 Å². The molecule has 2 aliphatic rings. The highest BCUT2D eigenvalue weighted by Gasteiger charge is 2.48. The minimum atomic E-state index is -4.18. The minimum Gasteiger partial charge on any atom is -0.495 e. The topological polar surface area (TPSA) is 103 Å². The molecule has 12 heteroatoms. The van der Waals surface area contributed by atoms with Crippen molar-refractivity contribution < 1.29 is 26.3 Å². The smallest absolute Gasteiger partial charge is 0.391 e. The SMILES string of the molecule is COC1=C(n2c(=O)ccc3cc(S(=O)(=O)Nc4ncccn4)ccc32)CCC(C2CC(C(F)(F)F)C2)=C1. The van der Waals surface area contributed by atoms with E-state index in [-0.39, 0.29) is 35.2 Å². The fraction of sp³-hybridized carbons (Fsp3) is 0.320. The molecule has 0 unspecified atom stereocenters. The summed E-state index contributed by atoms with van der Waals surface area (Å²) in [5, 5.41) is 0.501. The summed E-state index contributed by atoms with van der Waals surface area (Å²) in [5.41, 5.74) is 1.60. The summed E-state index contributed by atoms with van der Waals surface area (Å²) in [6.07, 6.45) is 1.42. The normalized spacial score (nSPS) is 20.4. The number of alkyl halides is 3. The summed E-state index contributed by atoms with van der Waals surface area (Å²) >= 11 is 0. The van der Waals surface area contributed by atoms with Crippen LogP contribution in [0.15, 0.2) is 75.9 Å². The quantitative estimate of drug-likeness (QED) is 0.493. The number of ether oxygens (including phenoxy) is 1. The number of benzene rings is 1. The van der Waals surface area contributed by atoms with Gasteiger partial charge in [0.25, 0.3) is 15.6 Å². The van der Waals surface area contributed by atoms with Gasteiger partial charge in [-0.1, -0.05) is 5.57 Å². The van der Waals surface area contributed by atoms with Gasteiger partial charge in [-0.15, -0.1) is 0 Å². The second kappa shape index (κ2) is 9.33. The summed E-state index contributed by atoms with van der Waals surface area (Å²) in [7, 11) is -2.53. The van der Waals surface area contributed by atoms with Crippen molar-refractivity contribution in [2.24, 2.45) is 11.8 Å². The van der Waals surface area contributed by atoms with Crippen molar-refractivity contribution in [3.8, 4) is 0 Å². The lowest BCUT2D eigenvalue weighted by atomic mass is 9.69. The van der Waals surface area contributed by atoms with E-state index >= 15 is 0 Å². The molecule has 8 nitrogen and oxygen atoms in total. The third-order valence-corrected chi connectivity index (χ3v) is 8.16. The molecule has 0 bridgehead atoms. The molecule has 2 aliphatic carbocycles. The monoisotopic (exact) mass is 532 g/mol. The number of aromatic nitrogens is 3. The molecule has 1 saturated carbocycles. The number of rotatable bonds is 6. The fourth-order valence-corrected chi connectivity index (χ4v) is 5.81. The second-order valence-corrected chi connectivity index (χ2v) is 10.7. The summed E-state index contributed by atoms with van der Waals surface area (Å²) in [6, 6.07) is 8.80. The third-order valence-electron chi connectivity index (χ3n) is 6.83. The van der Waals surface area contributed by atoms with Gasteiger partial charge in [-0.05, 0) is 68.0 Å². The van der Waals surface area contributed by atoms with Crippen LogP contribution in [0.25, 0.3) is 16.6 Å². The Bertz CT molecular complexity index is 1570. The maximum Gasteiger partial charge on any atom is 0.391 e. The highest BCUT2D eigenvalue weighted by Crippen LogP contribution is 2.49. The molecule has 1 fully saturated rings. The van der Waals surface area contributed by atoms with E-state index in [4.69, 9.17) is 4.74 Å². The predicted molar refractivity (Wildman–Crippen MR) is 131 cm³/mol. The average Bonchev–Trinajstić information content (AvgIpc) is 2.82. The summed E-state index contributed by atoms with van der Waals surface area (Å²) < 4.78 is 73.8. The molecular weight excluding hydrogens is 509 g/mol. The van der Waals surface area contributed by atoms with E-state index < -0.39 is 22.1 Å². The van der Waals surface area contributed by atoms with Crippen molar-refractivity contribution in [2.45, 2.75) is 36.8 Å². The number of allylic oxidation sites excluding steroid dienone is 3. The number of hydrogen-bond acceptors (Lipinski definition) is 6. The maximum absolute atomic E-state index is 12.9. The molecule has 0 spiro atoms. The Morgan fingerprint density at radius 3 is 2.49 bits per heavy atom. The van der Waals surface area contributed by atoms with Crippen LogP contribution in [-0.4, -0.2) is 36.2 Å². The molecule has 37 heavy (non-hydrogen) atoms. The molecule has 194 valence electrons. The van der Waals surface area contributed by atoms with Crippen molar-refractivity contribution in [2.75, 3.05) is 11.8 Å². The van der Waals surface area contributed by atoms with E-state index in [9.17, 15) is 26.4 Å². The molecule has 0 saturated heterocycles. The Balaban J connectivity index is 1.49. The fourth-order valence-electron chi connectivity index (χ4n) is 4.82. The van der Waals surface area contributed by atoms with Gasteiger partial charge in [0.2, 0.25) is 5.95 Å². The van der Waals surface area contributed by atoms with Gasteiger partial charge in [0.1, 0.15) is 5.76 Å². The summed E-state index contributed by atoms with van der Waals surface area (Å²) in [4.78, 5) is 20.6. The van der Waals surface area contributed by atoms with Crippen LogP contribution in [0, 0.1) is 11.8 Å². The van der Waals surface area contributed by atoms with Crippen LogP contribution >= 0.6 is 0 Å². The molecule has 3 aromatic rings. The Labute approximate surface area is 210 Å². The molecule has 2 aromatic heterocycles. The Morgan fingerprint density at radius 2 is 1.81 bits per heavy atom. The molecule has 0 aliphatic heterocycles. The van der Waals surface area contributed by atoms with E-state index in [0.29, 0.717) is 35.2 Å². The first kappa shape index (κ1) is 25.0. The van der Waals surface area contributed by atoms with E-state index in [1.54, 1.807) is 12.1 Å². The Hall–Kier alpha value is -3.67. The van der Waals surface area contributed by atoms with Crippen LogP contribution in [0.2, 0.25) is 0 Å². The zero-order valence-corrected chi connectivity index (χ0v) is 20.5. The third kappa shape index (κ3) is 4.85. The van der Waals surface area contributed by atoms with E-state index in [2.05, 4.69) is 14.7 Å². The number of nitrogens with one attached hydrogen (secondary N) is 1. The number of halogens is 3. The number of anilines is 1. The largest absolute Gasteiger partial charge is 0.495 e. The first-order valence-corrected chi connectivity index (χ1v) is 13.1. The van der Waals surface area contributed by atoms with Crippen molar-refractivity contribution in [1.82, 2.24) is 14.5 Å². The van der Waals surface area contributed by atoms with Gasteiger partial charge in [-0.3, -0.25) is 9.36 Å². The first-order chi connectivity index (χ1) is 17.6. The number of pyridine rings is 1. The van der Waals surface area contributed by atoms with Gasteiger partial charge in [0.05, 0.1) is 29.1 Å². The van der Waals surface area contributed by atoms with Crippen molar-refractivity contribution in [3.63, 3.8) is 0 Å². The van der Waals surface area contributed by atoms with Gasteiger partial charge in [-0.2, -0.15) is 13.2 Å². The average molecular weight is 533 g/mol. The van der Waals surface area contributed by atoms with E-state index in [0.717, 1.165) is 5.57 Å². The standard InChI is InChI=1S/C25H23F3N4O4S/c1-36-22-14-15(17-11-18(12-17)25(26,27)28)3-6-21(22)32-20-7-5-19(13-16(20)4-8-23(32)33)37(34,35)31-24-29-9-2-10-30-24/h2,4-5,7-10,13-14,17-18H,3,6,11-12H2,1H3,(H,29,30,31). The Morgan fingerprint density at radius 1 is 1.08 bits per heavy atom. The minimum absolute atomic E-state index is 0.0337. The Kier molecular flexibility index (Phi) is 6.30.